The van der Waals surface area contributed by atoms with Crippen LogP contribution in [-0.2, 0) is 11.3 Å². The molecule has 0 aliphatic carbocycles. The molecule has 1 fully saturated rings. The Balaban J connectivity index is 1.90. The average molecular weight is 176 g/mol. The van der Waals surface area contributed by atoms with Crippen molar-refractivity contribution in [3.05, 3.63) is 42.5 Å². The van der Waals surface area contributed by atoms with Gasteiger partial charge in [0.1, 0.15) is 26.3 Å². The van der Waals surface area contributed by atoms with E-state index in [1.54, 1.807) is 0 Å². The van der Waals surface area contributed by atoms with Gasteiger partial charge in [-0.1, -0.05) is 30.3 Å². The van der Waals surface area contributed by atoms with Crippen LogP contribution in [0.15, 0.2) is 30.3 Å². The van der Waals surface area contributed by atoms with Gasteiger partial charge in [-0.15, -0.1) is 0 Å². The molecule has 13 heavy (non-hydrogen) atoms. The lowest BCUT2D eigenvalue weighted by Gasteiger charge is -2.16. The molecule has 0 unspecified atom stereocenters. The molecule has 2 heteroatoms. The smallest absolute Gasteiger partial charge is 0.152 e. The average Bonchev–Trinajstić information content (AvgIpc) is 2.21. The minimum atomic E-state index is 0.826. The molecule has 68 valence electrons. The maximum Gasteiger partial charge on any atom is 0.152 e. The quantitative estimate of drug-likeness (QED) is 0.623. The molecule has 1 heterocycles. The number of hydrogen-bond acceptors (Lipinski definition) is 2. The van der Waals surface area contributed by atoms with E-state index in [0.717, 1.165) is 26.2 Å². The third-order valence-corrected chi connectivity index (χ3v) is 2.22. The van der Waals surface area contributed by atoms with Crippen molar-refractivity contribution in [3.8, 4) is 0 Å². The zero-order valence-electron chi connectivity index (χ0n) is 7.65. The maximum absolute atomic E-state index is 5.17. The number of hydrogen-bond donors (Lipinski definition) is 0. The van der Waals surface area contributed by atoms with Crippen LogP contribution in [0.2, 0.25) is 0 Å². The molecule has 0 aromatic heterocycles. The fourth-order valence-corrected chi connectivity index (χ4v) is 1.50. The van der Waals surface area contributed by atoms with E-state index in [4.69, 9.17) is 4.74 Å². The van der Waals surface area contributed by atoms with Gasteiger partial charge in [0.2, 0.25) is 0 Å². The zero-order valence-corrected chi connectivity index (χ0v) is 7.65. The fourth-order valence-electron chi connectivity index (χ4n) is 1.50. The van der Waals surface area contributed by atoms with E-state index >= 15 is 0 Å². The molecule has 0 amide bonds. The van der Waals surface area contributed by atoms with Crippen molar-refractivity contribution in [1.82, 2.24) is 4.90 Å². The standard InChI is InChI=1S/C11H14NO/c1-2-4-11(5-3-1)10-12-6-8-13-9-7-12/h1-5,8H,6-7,9-10H2/q+1. The lowest BCUT2D eigenvalue weighted by Crippen LogP contribution is -2.38. The SMILES string of the molecule is [CH]1C[N+](Cc2ccccc2)CCO1. The fraction of sp³-hybridized carbons (Fsp3) is 0.364. The van der Waals surface area contributed by atoms with Crippen molar-refractivity contribution >= 4 is 0 Å². The first-order valence-electron chi connectivity index (χ1n) is 4.65. The highest BCUT2D eigenvalue weighted by atomic mass is 16.5. The highest BCUT2D eigenvalue weighted by molar-refractivity contribution is 5.14. The Kier molecular flexibility index (Phi) is 2.95. The van der Waals surface area contributed by atoms with E-state index in [9.17, 15) is 0 Å². The van der Waals surface area contributed by atoms with E-state index in [-0.39, 0.29) is 0 Å². The molecule has 0 saturated carbocycles. The number of morpholine rings is 1. The molecule has 1 aliphatic rings. The first kappa shape index (κ1) is 8.73. The van der Waals surface area contributed by atoms with Gasteiger partial charge in [0, 0.05) is 5.56 Å². The van der Waals surface area contributed by atoms with Gasteiger partial charge in [-0.05, 0) is 0 Å². The summed E-state index contributed by atoms with van der Waals surface area (Å²) in [7, 11) is 0. The molecule has 0 N–H and O–H groups in total. The molecule has 1 aromatic rings. The minimum Gasteiger partial charge on any atom is -0.363 e. The summed E-state index contributed by atoms with van der Waals surface area (Å²) in [5.74, 6) is 0. The lowest BCUT2D eigenvalue weighted by atomic mass is 10.2. The summed E-state index contributed by atoms with van der Waals surface area (Å²) in [5, 5.41) is 0. The summed E-state index contributed by atoms with van der Waals surface area (Å²) in [5.41, 5.74) is 1.37. The summed E-state index contributed by atoms with van der Waals surface area (Å²) < 4.78 is 5.17. The lowest BCUT2D eigenvalue weighted by molar-refractivity contribution is 0.126. The van der Waals surface area contributed by atoms with Gasteiger partial charge in [-0.25, -0.2) is 0 Å². The van der Waals surface area contributed by atoms with E-state index < -0.39 is 0 Å². The molecular weight excluding hydrogens is 162 g/mol. The normalized spacial score (nSPS) is 18.8. The zero-order chi connectivity index (χ0) is 8.93. The van der Waals surface area contributed by atoms with Crippen LogP contribution in [0.25, 0.3) is 0 Å². The number of ether oxygens (including phenoxy) is 1. The highest BCUT2D eigenvalue weighted by Gasteiger charge is 2.19. The van der Waals surface area contributed by atoms with Crippen LogP contribution in [0.5, 0.6) is 0 Å². The predicted molar refractivity (Wildman–Crippen MR) is 52.3 cm³/mol. The van der Waals surface area contributed by atoms with Crippen molar-refractivity contribution in [2.24, 2.45) is 0 Å². The first-order valence-corrected chi connectivity index (χ1v) is 4.65. The molecule has 0 spiro atoms. The Labute approximate surface area is 79.1 Å². The Morgan fingerprint density at radius 2 is 2.08 bits per heavy atom. The summed E-state index contributed by atoms with van der Waals surface area (Å²) in [6.07, 6.45) is 0. The van der Waals surface area contributed by atoms with Gasteiger partial charge in [0.05, 0.1) is 0 Å². The molecule has 1 aliphatic heterocycles. The van der Waals surface area contributed by atoms with Gasteiger partial charge in [-0.3, -0.25) is 0 Å². The Morgan fingerprint density at radius 1 is 1.23 bits per heavy atom. The topological polar surface area (TPSA) is 15.1 Å². The molecule has 2 rings (SSSR count). The van der Waals surface area contributed by atoms with E-state index in [0.29, 0.717) is 0 Å². The molecule has 1 saturated heterocycles. The molecule has 2 radical (unpaired) electrons. The third kappa shape index (κ3) is 2.54. The number of rotatable bonds is 2. The van der Waals surface area contributed by atoms with Crippen molar-refractivity contribution in [3.63, 3.8) is 0 Å². The van der Waals surface area contributed by atoms with E-state index in [1.807, 2.05) is 6.61 Å². The monoisotopic (exact) mass is 176 g/mol. The van der Waals surface area contributed by atoms with E-state index in [1.165, 1.54) is 5.56 Å². The van der Waals surface area contributed by atoms with Gasteiger partial charge in [0.15, 0.2) is 6.54 Å². The van der Waals surface area contributed by atoms with Crippen LogP contribution >= 0.6 is 0 Å². The van der Waals surface area contributed by atoms with Gasteiger partial charge in [-0.2, -0.15) is 4.90 Å². The van der Waals surface area contributed by atoms with Gasteiger partial charge >= 0.3 is 0 Å². The van der Waals surface area contributed by atoms with Crippen LogP contribution in [-0.4, -0.2) is 19.7 Å². The number of benzene rings is 1. The Morgan fingerprint density at radius 3 is 2.77 bits per heavy atom. The van der Waals surface area contributed by atoms with Crippen LogP contribution in [0.4, 0.5) is 0 Å². The maximum atomic E-state index is 5.17. The predicted octanol–water partition coefficient (Wildman–Crippen LogP) is 1.52. The second-order valence-corrected chi connectivity index (χ2v) is 3.26. The largest absolute Gasteiger partial charge is 0.363 e. The second-order valence-electron chi connectivity index (χ2n) is 3.26. The molecular formula is C11H14NO+. The van der Waals surface area contributed by atoms with Crippen molar-refractivity contribution in [1.29, 1.82) is 0 Å². The van der Waals surface area contributed by atoms with Crippen LogP contribution in [0, 0.1) is 6.61 Å². The number of nitrogens with zero attached hydrogens (tertiary/aromatic N) is 1. The van der Waals surface area contributed by atoms with Gasteiger partial charge in [0.25, 0.3) is 0 Å². The van der Waals surface area contributed by atoms with Crippen LogP contribution in [0.3, 0.4) is 0 Å². The third-order valence-electron chi connectivity index (χ3n) is 2.22. The van der Waals surface area contributed by atoms with Crippen molar-refractivity contribution < 1.29 is 4.74 Å². The summed E-state index contributed by atoms with van der Waals surface area (Å²) in [6.45, 7) is 5.71. The highest BCUT2D eigenvalue weighted by Crippen LogP contribution is 2.05. The summed E-state index contributed by atoms with van der Waals surface area (Å²) >= 11 is 0. The van der Waals surface area contributed by atoms with Crippen LogP contribution in [0.1, 0.15) is 5.56 Å². The molecule has 0 atom stereocenters. The summed E-state index contributed by atoms with van der Waals surface area (Å²) in [4.78, 5) is 2.37. The van der Waals surface area contributed by atoms with Crippen molar-refractivity contribution in [2.75, 3.05) is 19.7 Å². The van der Waals surface area contributed by atoms with E-state index in [2.05, 4.69) is 35.2 Å². The molecule has 2 nitrogen and oxygen atoms in total. The Hall–Kier alpha value is -0.860. The van der Waals surface area contributed by atoms with Crippen molar-refractivity contribution in [2.45, 2.75) is 6.54 Å². The first-order chi connectivity index (χ1) is 6.45. The minimum absolute atomic E-state index is 0.826. The second kappa shape index (κ2) is 4.40. The van der Waals surface area contributed by atoms with Crippen LogP contribution < -0.4 is 4.90 Å². The summed E-state index contributed by atoms with van der Waals surface area (Å²) in [6, 6.07) is 10.5. The Bertz CT molecular complexity index is 242. The van der Waals surface area contributed by atoms with Gasteiger partial charge < -0.3 is 4.74 Å². The molecule has 1 aromatic carbocycles. The molecule has 0 bridgehead atoms.